The zero-order chi connectivity index (χ0) is 16.6. The average molecular weight is 329 g/mol. The second-order valence-electron chi connectivity index (χ2n) is 5.51. The van der Waals surface area contributed by atoms with Gasteiger partial charge in [-0.15, -0.1) is 0 Å². The van der Waals surface area contributed by atoms with E-state index in [-0.39, 0.29) is 17.7 Å². The van der Waals surface area contributed by atoms with E-state index in [9.17, 15) is 19.1 Å². The van der Waals surface area contributed by atoms with Crippen molar-refractivity contribution in [3.05, 3.63) is 34.1 Å². The molecule has 1 unspecified atom stereocenters. The summed E-state index contributed by atoms with van der Waals surface area (Å²) >= 11 is 5.96. The second-order valence-corrected chi connectivity index (χ2v) is 5.92. The van der Waals surface area contributed by atoms with Gasteiger partial charge in [-0.3, -0.25) is 9.59 Å². The normalized spacial score (nSPS) is 20.5. The summed E-state index contributed by atoms with van der Waals surface area (Å²) in [5, 5.41) is 9.57. The lowest BCUT2D eigenvalue weighted by molar-refractivity contribution is -0.159. The number of carbonyl (C=O) groups excluding carboxylic acids is 2. The smallest absolute Gasteiger partial charge is 0.312 e. The summed E-state index contributed by atoms with van der Waals surface area (Å²) in [6.45, 7) is 3.48. The van der Waals surface area contributed by atoms with E-state index in [4.69, 9.17) is 11.6 Å². The Morgan fingerprint density at radius 1 is 1.41 bits per heavy atom. The van der Waals surface area contributed by atoms with Crippen molar-refractivity contribution in [3.8, 4) is 0 Å². The van der Waals surface area contributed by atoms with Crippen LogP contribution in [0.5, 0.6) is 0 Å². The van der Waals surface area contributed by atoms with Crippen LogP contribution in [-0.2, 0) is 16.2 Å². The molecule has 0 bridgehead atoms. The molecule has 1 heterocycles. The van der Waals surface area contributed by atoms with Gasteiger partial charge in [0.15, 0.2) is 0 Å². The van der Waals surface area contributed by atoms with Crippen LogP contribution in [0.3, 0.4) is 0 Å². The van der Waals surface area contributed by atoms with Crippen LogP contribution >= 0.6 is 11.6 Å². The zero-order valence-electron chi connectivity index (χ0n) is 12.6. The highest BCUT2D eigenvalue weighted by atomic mass is 35.5. The van der Waals surface area contributed by atoms with Crippen molar-refractivity contribution < 1.29 is 19.1 Å². The molecule has 1 saturated heterocycles. The number of benzene rings is 1. The first-order valence-corrected chi connectivity index (χ1v) is 7.32. The molecule has 5 nitrogen and oxygen atoms in total. The van der Waals surface area contributed by atoms with Crippen LogP contribution in [-0.4, -0.2) is 46.4 Å². The van der Waals surface area contributed by atoms with E-state index in [2.05, 4.69) is 0 Å². The second kappa shape index (κ2) is 6.22. The predicted molar refractivity (Wildman–Crippen MR) is 79.7 cm³/mol. The maximum absolute atomic E-state index is 13.6. The monoisotopic (exact) mass is 328 g/mol. The highest BCUT2D eigenvalue weighted by Crippen LogP contribution is 2.31. The molecule has 2 atom stereocenters. The Morgan fingerprint density at radius 3 is 2.64 bits per heavy atom. The van der Waals surface area contributed by atoms with Gasteiger partial charge in [0.2, 0.25) is 0 Å². The van der Waals surface area contributed by atoms with Gasteiger partial charge in [0, 0.05) is 30.2 Å². The van der Waals surface area contributed by atoms with Crippen molar-refractivity contribution in [2.24, 2.45) is 0 Å². The quantitative estimate of drug-likeness (QED) is 0.859. The molecule has 1 aliphatic rings. The molecule has 7 heteroatoms. The molecule has 0 aromatic heterocycles. The van der Waals surface area contributed by atoms with Crippen LogP contribution in [0, 0.1) is 5.82 Å². The van der Waals surface area contributed by atoms with Gasteiger partial charge in [-0.25, -0.2) is 4.39 Å². The molecule has 1 N–H and O–H groups in total. The molecule has 0 aliphatic carbocycles. The van der Waals surface area contributed by atoms with E-state index >= 15 is 0 Å². The number of nitrogens with zero attached hydrogens (tertiary/aromatic N) is 2. The van der Waals surface area contributed by atoms with Crippen LogP contribution in [0.2, 0.25) is 5.02 Å². The van der Waals surface area contributed by atoms with Crippen LogP contribution in [0.1, 0.15) is 31.0 Å². The fraction of sp³-hybridized carbons (Fsp3) is 0.467. The molecule has 1 aromatic carbocycles. The highest BCUT2D eigenvalue weighted by Gasteiger charge is 2.38. The summed E-state index contributed by atoms with van der Waals surface area (Å²) in [6, 6.07) is 1.64. The Morgan fingerprint density at radius 2 is 2.05 bits per heavy atom. The Bertz CT molecular complexity index is 623. The number of piperazine rings is 1. The zero-order valence-corrected chi connectivity index (χ0v) is 13.4. The molecular weight excluding hydrogens is 311 g/mol. The van der Waals surface area contributed by atoms with Gasteiger partial charge in [-0.2, -0.15) is 0 Å². The summed E-state index contributed by atoms with van der Waals surface area (Å²) in [4.78, 5) is 26.9. The van der Waals surface area contributed by atoms with E-state index in [0.29, 0.717) is 17.7 Å². The Hall–Kier alpha value is -1.66. The summed E-state index contributed by atoms with van der Waals surface area (Å²) in [5.41, 5.74) is 0.771. The van der Waals surface area contributed by atoms with E-state index < -0.39 is 23.7 Å². The molecule has 22 heavy (non-hydrogen) atoms. The largest absolute Gasteiger partial charge is 0.392 e. The van der Waals surface area contributed by atoms with Gasteiger partial charge in [0.25, 0.3) is 0 Å². The number of aliphatic hydroxyl groups is 1. The van der Waals surface area contributed by atoms with Crippen LogP contribution in [0.15, 0.2) is 12.1 Å². The average Bonchev–Trinajstić information content (AvgIpc) is 2.47. The van der Waals surface area contributed by atoms with Crippen molar-refractivity contribution in [2.75, 3.05) is 13.6 Å². The van der Waals surface area contributed by atoms with E-state index in [1.807, 2.05) is 6.92 Å². The molecule has 2 rings (SSSR count). The van der Waals surface area contributed by atoms with E-state index in [1.54, 1.807) is 14.0 Å². The highest BCUT2D eigenvalue weighted by molar-refractivity contribution is 6.35. The van der Waals surface area contributed by atoms with Crippen LogP contribution in [0.4, 0.5) is 4.39 Å². The van der Waals surface area contributed by atoms with Crippen molar-refractivity contribution >= 4 is 23.4 Å². The minimum absolute atomic E-state index is 0.102. The maximum Gasteiger partial charge on any atom is 0.312 e. The fourth-order valence-electron chi connectivity index (χ4n) is 2.63. The minimum Gasteiger partial charge on any atom is -0.392 e. The SMILES string of the molecule is CC1CN([C@@H](C)c2cc(F)cc(Cl)c2CO)C(=O)C(=O)N1C. The van der Waals surface area contributed by atoms with Crippen molar-refractivity contribution in [1.82, 2.24) is 9.80 Å². The summed E-state index contributed by atoms with van der Waals surface area (Å²) in [6.07, 6.45) is 0. The van der Waals surface area contributed by atoms with Gasteiger partial charge in [-0.05, 0) is 31.5 Å². The summed E-state index contributed by atoms with van der Waals surface area (Å²) in [7, 11) is 1.57. The third-order valence-corrected chi connectivity index (χ3v) is 4.49. The van der Waals surface area contributed by atoms with Crippen LogP contribution in [0.25, 0.3) is 0 Å². The first kappa shape index (κ1) is 16.7. The molecule has 2 amide bonds. The number of rotatable bonds is 3. The Balaban J connectivity index is 2.42. The number of hydrogen-bond acceptors (Lipinski definition) is 3. The topological polar surface area (TPSA) is 60.9 Å². The van der Waals surface area contributed by atoms with E-state index in [1.165, 1.54) is 15.9 Å². The van der Waals surface area contributed by atoms with Crippen molar-refractivity contribution in [2.45, 2.75) is 32.5 Å². The third-order valence-electron chi connectivity index (χ3n) is 4.16. The molecule has 1 aliphatic heterocycles. The number of aliphatic hydroxyl groups excluding tert-OH is 1. The maximum atomic E-state index is 13.6. The number of amides is 2. The molecule has 1 aromatic rings. The summed E-state index contributed by atoms with van der Waals surface area (Å²) in [5.74, 6) is -1.79. The van der Waals surface area contributed by atoms with Crippen LogP contribution < -0.4 is 0 Å². The third kappa shape index (κ3) is 2.80. The lowest BCUT2D eigenvalue weighted by atomic mass is 9.98. The van der Waals surface area contributed by atoms with E-state index in [0.717, 1.165) is 6.07 Å². The lowest BCUT2D eigenvalue weighted by Crippen LogP contribution is -2.57. The molecule has 120 valence electrons. The lowest BCUT2D eigenvalue weighted by Gasteiger charge is -2.40. The van der Waals surface area contributed by atoms with Gasteiger partial charge in [0.05, 0.1) is 12.6 Å². The molecule has 0 radical (unpaired) electrons. The molecule has 0 saturated carbocycles. The predicted octanol–water partition coefficient (Wildman–Crippen LogP) is 1.72. The number of halogens is 2. The van der Waals surface area contributed by atoms with Gasteiger partial charge < -0.3 is 14.9 Å². The van der Waals surface area contributed by atoms with Gasteiger partial charge in [0.1, 0.15) is 5.82 Å². The number of likely N-dealkylation sites (N-methyl/N-ethyl adjacent to an activating group) is 1. The van der Waals surface area contributed by atoms with Crippen molar-refractivity contribution in [3.63, 3.8) is 0 Å². The molecule has 1 fully saturated rings. The first-order valence-electron chi connectivity index (χ1n) is 6.94. The number of hydrogen-bond donors (Lipinski definition) is 1. The minimum atomic E-state index is -0.641. The van der Waals surface area contributed by atoms with Crippen molar-refractivity contribution in [1.29, 1.82) is 0 Å². The Kier molecular flexibility index (Phi) is 4.72. The first-order chi connectivity index (χ1) is 10.3. The molecular formula is C15H18ClFN2O3. The van der Waals surface area contributed by atoms with Gasteiger partial charge in [-0.1, -0.05) is 11.6 Å². The summed E-state index contributed by atoms with van der Waals surface area (Å²) < 4.78 is 13.6. The van der Waals surface area contributed by atoms with Gasteiger partial charge >= 0.3 is 11.8 Å². The fourth-order valence-corrected chi connectivity index (χ4v) is 2.90. The number of carbonyl (C=O) groups is 2. The Labute approximate surface area is 133 Å². The standard InChI is InChI=1S/C15H18ClFN2O3/c1-8-6-19(15(22)14(21)18(8)3)9(2)11-4-10(17)5-13(16)12(11)7-20/h4-5,8-9,20H,6-7H2,1-3H3/t8?,9-/m0/s1. The molecule has 0 spiro atoms.